The van der Waals surface area contributed by atoms with Gasteiger partial charge in [-0.15, -0.1) is 0 Å². The summed E-state index contributed by atoms with van der Waals surface area (Å²) in [6.07, 6.45) is 6.68. The van der Waals surface area contributed by atoms with Crippen molar-refractivity contribution < 1.29 is 43.9 Å². The maximum atomic E-state index is 13.2. The summed E-state index contributed by atoms with van der Waals surface area (Å²) in [7, 11) is 0. The molecule has 0 radical (unpaired) electrons. The Morgan fingerprint density at radius 2 is 1.41 bits per heavy atom. The molecule has 3 N–H and O–H groups in total. The Kier molecular flexibility index (Phi) is 11.7. The zero-order valence-electron chi connectivity index (χ0n) is 35.2. The van der Waals surface area contributed by atoms with Gasteiger partial charge in [-0.1, -0.05) is 78.2 Å². The van der Waals surface area contributed by atoms with E-state index in [-0.39, 0.29) is 65.8 Å². The first-order chi connectivity index (χ1) is 24.9. The van der Waals surface area contributed by atoms with Crippen molar-refractivity contribution >= 4 is 17.9 Å². The second-order valence-corrected chi connectivity index (χ2v) is 20.5. The predicted molar refractivity (Wildman–Crippen MR) is 208 cm³/mol. The second-order valence-electron chi connectivity index (χ2n) is 20.5. The summed E-state index contributed by atoms with van der Waals surface area (Å²) in [6.45, 7) is 24.5. The zero-order chi connectivity index (χ0) is 40.4. The highest BCUT2D eigenvalue weighted by molar-refractivity contribution is 5.83. The zero-order valence-corrected chi connectivity index (χ0v) is 35.2. The summed E-state index contributed by atoms with van der Waals surface area (Å²) in [5.74, 6) is -0.972. The van der Waals surface area contributed by atoms with Crippen LogP contribution in [0.4, 0.5) is 0 Å². The highest BCUT2D eigenvalue weighted by Crippen LogP contribution is 2.76. The molecule has 0 aromatic rings. The molecule has 0 aliphatic heterocycles. The second kappa shape index (κ2) is 14.8. The fourth-order valence-corrected chi connectivity index (χ4v) is 12.6. The monoisotopic (exact) mass is 755 g/mol. The number of fused-ring (bicyclic) bond motifs is 7. The third kappa shape index (κ3) is 6.95. The van der Waals surface area contributed by atoms with Crippen LogP contribution in [0.5, 0.6) is 0 Å². The van der Waals surface area contributed by atoms with E-state index >= 15 is 0 Å². The van der Waals surface area contributed by atoms with Crippen molar-refractivity contribution in [2.24, 2.45) is 56.2 Å². The van der Waals surface area contributed by atoms with Crippen LogP contribution in [0.25, 0.3) is 0 Å². The molecule has 5 aliphatic rings. The van der Waals surface area contributed by atoms with Crippen LogP contribution in [0.1, 0.15) is 134 Å². The first-order valence-electron chi connectivity index (χ1n) is 20.5. The van der Waals surface area contributed by atoms with Crippen molar-refractivity contribution in [3.63, 3.8) is 0 Å². The molecule has 0 aromatic heterocycles. The molecule has 54 heavy (non-hydrogen) atoms. The van der Waals surface area contributed by atoms with E-state index in [9.17, 15) is 29.7 Å². The predicted octanol–water partition coefficient (Wildman–Crippen LogP) is 7.66. The first-order valence-corrected chi connectivity index (χ1v) is 20.5. The van der Waals surface area contributed by atoms with Crippen LogP contribution in [-0.4, -0.2) is 70.9 Å². The maximum absolute atomic E-state index is 13.2. The molecular weight excluding hydrogens is 684 g/mol. The topological polar surface area (TPSA) is 140 Å². The number of hydrogen-bond donors (Lipinski definition) is 3. The van der Waals surface area contributed by atoms with Gasteiger partial charge in [0, 0.05) is 24.0 Å². The molecule has 4 saturated carbocycles. The molecule has 4 fully saturated rings. The largest absolute Gasteiger partial charge is 0.462 e. The van der Waals surface area contributed by atoms with Crippen LogP contribution in [0.3, 0.4) is 0 Å². The minimum atomic E-state index is -1.30. The van der Waals surface area contributed by atoms with E-state index in [1.165, 1.54) is 17.7 Å². The Morgan fingerprint density at radius 1 is 0.815 bits per heavy atom. The number of carbonyl (C=O) groups is 3. The number of hydrogen-bond acceptors (Lipinski definition) is 9. The molecule has 0 spiro atoms. The minimum absolute atomic E-state index is 0.0967. The van der Waals surface area contributed by atoms with E-state index in [0.29, 0.717) is 25.7 Å². The molecule has 12 atom stereocenters. The molecule has 0 aromatic carbocycles. The fraction of sp³-hybridized carbons (Fsp3) is 0.800. The molecule has 9 heteroatoms. The van der Waals surface area contributed by atoms with Crippen molar-refractivity contribution in [2.45, 2.75) is 159 Å². The standard InChI is InChI=1S/C45H70O9/c1-26(2)19-35(47)52-24-42(10)31-15-18-43(11)32(41(31,9)17-16-34(42)54-37(49)21-28(5)6)14-13-29-30-22-40(7,8)38(50)39(51)45(30,33(46)23-44(29,43)12)25-53-36(48)20-27(3)4/h13,19-20,28,30-34,38-39,46,50-51H,14-18,21-25H2,1-12H3/t30?,31?,32?,33-,34+,38+,39+,41+,42-,43-,44-,45+/m1/s1. The Morgan fingerprint density at radius 3 is 1.98 bits per heavy atom. The summed E-state index contributed by atoms with van der Waals surface area (Å²) >= 11 is 0. The highest BCUT2D eigenvalue weighted by Gasteiger charge is 2.73. The number of aliphatic hydroxyl groups is 3. The van der Waals surface area contributed by atoms with Crippen molar-refractivity contribution in [2.75, 3.05) is 13.2 Å². The highest BCUT2D eigenvalue weighted by atomic mass is 16.6. The van der Waals surface area contributed by atoms with Crippen LogP contribution >= 0.6 is 0 Å². The van der Waals surface area contributed by atoms with Crippen LogP contribution in [0, 0.1) is 56.2 Å². The van der Waals surface area contributed by atoms with Gasteiger partial charge in [-0.05, 0) is 118 Å². The molecule has 304 valence electrons. The Bertz CT molecular complexity index is 1570. The number of carbonyl (C=O) groups excluding carboxylic acids is 3. The Hall–Kier alpha value is -2.49. The van der Waals surface area contributed by atoms with Gasteiger partial charge in [-0.2, -0.15) is 0 Å². The quantitative estimate of drug-likeness (QED) is 0.0937. The van der Waals surface area contributed by atoms with E-state index in [2.05, 4.69) is 33.8 Å². The van der Waals surface area contributed by atoms with Gasteiger partial charge in [-0.25, -0.2) is 9.59 Å². The smallest absolute Gasteiger partial charge is 0.330 e. The van der Waals surface area contributed by atoms with Gasteiger partial charge < -0.3 is 29.5 Å². The molecule has 9 nitrogen and oxygen atoms in total. The van der Waals surface area contributed by atoms with Crippen molar-refractivity contribution in [1.82, 2.24) is 0 Å². The Labute approximate surface area is 324 Å². The average molecular weight is 755 g/mol. The van der Waals surface area contributed by atoms with Gasteiger partial charge in [0.25, 0.3) is 0 Å². The van der Waals surface area contributed by atoms with E-state index in [0.717, 1.165) is 36.8 Å². The normalized spacial score (nSPS) is 42.1. The molecule has 5 rings (SSSR count). The van der Waals surface area contributed by atoms with Crippen LogP contribution in [0.15, 0.2) is 34.9 Å². The number of allylic oxidation sites excluding steroid dienone is 4. The lowest BCUT2D eigenvalue weighted by Gasteiger charge is -2.72. The summed E-state index contributed by atoms with van der Waals surface area (Å²) in [5, 5.41) is 35.9. The van der Waals surface area contributed by atoms with Gasteiger partial charge in [0.2, 0.25) is 0 Å². The lowest BCUT2D eigenvalue weighted by Crippen LogP contribution is -2.72. The number of rotatable bonds is 9. The van der Waals surface area contributed by atoms with E-state index in [4.69, 9.17) is 14.2 Å². The number of aliphatic hydroxyl groups excluding tert-OH is 3. The van der Waals surface area contributed by atoms with Crippen LogP contribution < -0.4 is 0 Å². The molecular formula is C45H70O9. The summed E-state index contributed by atoms with van der Waals surface area (Å²) in [4.78, 5) is 38.9. The summed E-state index contributed by atoms with van der Waals surface area (Å²) in [6, 6.07) is 0. The fourth-order valence-electron chi connectivity index (χ4n) is 12.6. The Balaban J connectivity index is 1.56. The molecule has 0 bridgehead atoms. The molecule has 0 saturated heterocycles. The van der Waals surface area contributed by atoms with E-state index in [1.807, 2.05) is 55.4 Å². The molecule has 0 amide bonds. The first kappa shape index (κ1) is 42.6. The van der Waals surface area contributed by atoms with E-state index in [1.54, 1.807) is 0 Å². The minimum Gasteiger partial charge on any atom is -0.462 e. The third-order valence-corrected chi connectivity index (χ3v) is 15.5. The van der Waals surface area contributed by atoms with Crippen LogP contribution in [0.2, 0.25) is 0 Å². The number of esters is 3. The summed E-state index contributed by atoms with van der Waals surface area (Å²) in [5.41, 5.74) is -0.571. The SMILES string of the molecule is CC(C)=CC(=O)OC[C@@]12C(CC(C)(C)[C@@H](O)[C@@H]1O)C1=CCC3[C@@]4(C)CC[C@H](OC(=O)CC(C)C)[C@](C)(COC(=O)C=C(C)C)C4CC[C@@]3(C)[C@]1(C)C[C@H]2O. The van der Waals surface area contributed by atoms with Gasteiger partial charge in [0.15, 0.2) is 0 Å². The van der Waals surface area contributed by atoms with E-state index < -0.39 is 45.9 Å². The van der Waals surface area contributed by atoms with Gasteiger partial charge in [0.05, 0.1) is 23.7 Å². The molecule has 3 unspecified atom stereocenters. The van der Waals surface area contributed by atoms with Gasteiger partial charge in [0.1, 0.15) is 19.3 Å². The number of ether oxygens (including phenoxy) is 3. The average Bonchev–Trinajstić information content (AvgIpc) is 3.03. The molecule has 5 aliphatic carbocycles. The van der Waals surface area contributed by atoms with Crippen molar-refractivity contribution in [1.29, 1.82) is 0 Å². The lowest BCUT2D eigenvalue weighted by atomic mass is 9.33. The van der Waals surface area contributed by atoms with Gasteiger partial charge >= 0.3 is 17.9 Å². The lowest BCUT2D eigenvalue weighted by molar-refractivity contribution is -0.261. The van der Waals surface area contributed by atoms with Gasteiger partial charge in [-0.3, -0.25) is 4.79 Å². The maximum Gasteiger partial charge on any atom is 0.330 e. The van der Waals surface area contributed by atoms with Crippen molar-refractivity contribution in [3.05, 3.63) is 34.9 Å². The van der Waals surface area contributed by atoms with Crippen molar-refractivity contribution in [3.8, 4) is 0 Å². The third-order valence-electron chi connectivity index (χ3n) is 15.5. The summed E-state index contributed by atoms with van der Waals surface area (Å²) < 4.78 is 18.1. The van der Waals surface area contributed by atoms with Crippen LogP contribution in [-0.2, 0) is 28.6 Å². The molecule has 0 heterocycles.